The Bertz CT molecular complexity index is 733. The fourth-order valence-corrected chi connectivity index (χ4v) is 2.42. The van der Waals surface area contributed by atoms with Crippen LogP contribution in [0.5, 0.6) is 0 Å². The molecule has 1 aromatic carbocycles. The van der Waals surface area contributed by atoms with Gasteiger partial charge in [0, 0.05) is 6.54 Å². The van der Waals surface area contributed by atoms with Gasteiger partial charge in [-0.05, 0) is 23.9 Å². The molecule has 0 spiro atoms. The van der Waals surface area contributed by atoms with Crippen molar-refractivity contribution in [1.29, 1.82) is 0 Å². The molecule has 0 saturated carbocycles. The topological polar surface area (TPSA) is 68.0 Å². The normalized spacial score (nSPS) is 10.5. The molecule has 0 bridgehead atoms. The molecule has 0 unspecified atom stereocenters. The van der Waals surface area contributed by atoms with E-state index in [1.54, 1.807) is 0 Å². The molecular weight excluding hydrogens is 286 g/mol. The summed E-state index contributed by atoms with van der Waals surface area (Å²) in [5, 5.41) is 12.3. The Balaban J connectivity index is 1.64. The van der Waals surface area contributed by atoms with Crippen LogP contribution in [0.3, 0.4) is 0 Å². The zero-order valence-electron chi connectivity index (χ0n) is 11.4. The summed E-state index contributed by atoms with van der Waals surface area (Å²) in [7, 11) is 0. The molecule has 21 heavy (non-hydrogen) atoms. The van der Waals surface area contributed by atoms with Crippen LogP contribution in [0, 0.1) is 6.92 Å². The summed E-state index contributed by atoms with van der Waals surface area (Å²) in [5.41, 5.74) is 2.20. The minimum Gasteiger partial charge on any atom is -0.411 e. The highest BCUT2D eigenvalue weighted by Crippen LogP contribution is 2.22. The number of hydrogen-bond acceptors (Lipinski definition) is 5. The first kappa shape index (κ1) is 13.5. The lowest BCUT2D eigenvalue weighted by molar-refractivity contribution is 0.0917. The van der Waals surface area contributed by atoms with Gasteiger partial charge in [-0.15, -0.1) is 21.5 Å². The minimum absolute atomic E-state index is 0.0227. The number of hydrogen-bond donors (Lipinski definition) is 1. The quantitative estimate of drug-likeness (QED) is 0.804. The van der Waals surface area contributed by atoms with Crippen molar-refractivity contribution in [1.82, 2.24) is 15.5 Å². The summed E-state index contributed by atoms with van der Waals surface area (Å²) in [6, 6.07) is 11.7. The molecule has 0 aliphatic carbocycles. The van der Waals surface area contributed by atoms with E-state index >= 15 is 0 Å². The van der Waals surface area contributed by atoms with Gasteiger partial charge in [-0.25, -0.2) is 0 Å². The van der Waals surface area contributed by atoms with E-state index in [1.807, 2.05) is 48.7 Å². The van der Waals surface area contributed by atoms with Gasteiger partial charge in [-0.1, -0.05) is 35.9 Å². The highest BCUT2D eigenvalue weighted by atomic mass is 32.1. The van der Waals surface area contributed by atoms with E-state index in [4.69, 9.17) is 4.42 Å². The van der Waals surface area contributed by atoms with Gasteiger partial charge in [0.1, 0.15) is 0 Å². The first-order chi connectivity index (χ1) is 10.2. The summed E-state index contributed by atoms with van der Waals surface area (Å²) in [6.07, 6.45) is 0. The van der Waals surface area contributed by atoms with E-state index in [2.05, 4.69) is 15.5 Å². The van der Waals surface area contributed by atoms with Crippen molar-refractivity contribution >= 4 is 17.2 Å². The molecule has 0 radical (unpaired) electrons. The number of thiophene rings is 1. The van der Waals surface area contributed by atoms with Gasteiger partial charge in [-0.2, -0.15) is 0 Å². The first-order valence-corrected chi connectivity index (χ1v) is 7.31. The first-order valence-electron chi connectivity index (χ1n) is 6.43. The molecule has 1 N–H and O–H groups in total. The molecular formula is C15H13N3O2S. The summed E-state index contributed by atoms with van der Waals surface area (Å²) in [5.74, 6) is -0.0260. The Kier molecular flexibility index (Phi) is 3.79. The number of rotatable bonds is 4. The lowest BCUT2D eigenvalue weighted by atomic mass is 10.1. The van der Waals surface area contributed by atoms with Gasteiger partial charge in [-0.3, -0.25) is 4.79 Å². The third-order valence-electron chi connectivity index (χ3n) is 2.92. The molecule has 106 valence electrons. The Hall–Kier alpha value is -2.47. The molecule has 0 saturated heterocycles. The van der Waals surface area contributed by atoms with Crippen LogP contribution in [-0.2, 0) is 6.54 Å². The van der Waals surface area contributed by atoms with Gasteiger partial charge >= 0.3 is 11.8 Å². The van der Waals surface area contributed by atoms with Crippen LogP contribution >= 0.6 is 11.3 Å². The van der Waals surface area contributed by atoms with Crippen LogP contribution in [0.25, 0.3) is 10.8 Å². The van der Waals surface area contributed by atoms with Gasteiger partial charge in [0.2, 0.25) is 0 Å². The Morgan fingerprint density at radius 2 is 2.05 bits per heavy atom. The van der Waals surface area contributed by atoms with E-state index in [1.165, 1.54) is 16.9 Å². The number of nitrogens with zero attached hydrogens (tertiary/aromatic N) is 2. The maximum Gasteiger partial charge on any atom is 0.309 e. The second-order valence-electron chi connectivity index (χ2n) is 4.56. The molecule has 0 aliphatic rings. The second kappa shape index (κ2) is 5.88. The number of benzene rings is 1. The van der Waals surface area contributed by atoms with Gasteiger partial charge in [0.15, 0.2) is 0 Å². The summed E-state index contributed by atoms with van der Waals surface area (Å²) < 4.78 is 5.37. The number of aryl methyl sites for hydroxylation is 1. The van der Waals surface area contributed by atoms with Crippen LogP contribution in [-0.4, -0.2) is 16.1 Å². The average Bonchev–Trinajstić information content (AvgIpc) is 3.17. The minimum atomic E-state index is -0.370. The number of amides is 1. The maximum atomic E-state index is 12.0. The molecule has 0 aliphatic heterocycles. The molecule has 3 aromatic rings. The zero-order valence-corrected chi connectivity index (χ0v) is 12.2. The summed E-state index contributed by atoms with van der Waals surface area (Å²) >= 11 is 1.48. The summed E-state index contributed by atoms with van der Waals surface area (Å²) in [4.78, 5) is 12.8. The number of carbonyl (C=O) groups excluding carboxylic acids is 1. The predicted molar refractivity (Wildman–Crippen MR) is 80.0 cm³/mol. The Labute approximate surface area is 125 Å². The Morgan fingerprint density at radius 3 is 2.76 bits per heavy atom. The molecule has 6 heteroatoms. The number of aromatic nitrogens is 2. The molecule has 0 atom stereocenters. The van der Waals surface area contributed by atoms with Crippen LogP contribution in [0.4, 0.5) is 0 Å². The summed E-state index contributed by atoms with van der Waals surface area (Å²) in [6.45, 7) is 2.45. The van der Waals surface area contributed by atoms with Crippen LogP contribution in [0.1, 0.15) is 21.8 Å². The number of carbonyl (C=O) groups is 1. The van der Waals surface area contributed by atoms with E-state index in [0.717, 1.165) is 10.4 Å². The average molecular weight is 299 g/mol. The van der Waals surface area contributed by atoms with Crippen molar-refractivity contribution < 1.29 is 9.21 Å². The van der Waals surface area contributed by atoms with E-state index < -0.39 is 0 Å². The largest absolute Gasteiger partial charge is 0.411 e. The number of nitrogens with one attached hydrogen (secondary N) is 1. The predicted octanol–water partition coefficient (Wildman–Crippen LogP) is 3.04. The van der Waals surface area contributed by atoms with Crippen LogP contribution in [0.2, 0.25) is 0 Å². The van der Waals surface area contributed by atoms with Crippen LogP contribution in [0.15, 0.2) is 46.2 Å². The molecule has 3 rings (SSSR count). The van der Waals surface area contributed by atoms with Gasteiger partial charge < -0.3 is 9.73 Å². The molecule has 1 amide bonds. The van der Waals surface area contributed by atoms with E-state index in [-0.39, 0.29) is 11.8 Å². The third kappa shape index (κ3) is 3.17. The standard InChI is InChI=1S/C15H13N3O2S/c1-10-4-6-11(7-5-10)9-16-13(19)15-18-17-14(20-15)12-3-2-8-21-12/h2-8H,9H2,1H3,(H,16,19). The van der Waals surface area contributed by atoms with E-state index in [9.17, 15) is 4.79 Å². The lowest BCUT2D eigenvalue weighted by Crippen LogP contribution is -2.23. The van der Waals surface area contributed by atoms with E-state index in [0.29, 0.717) is 12.4 Å². The van der Waals surface area contributed by atoms with Crippen molar-refractivity contribution in [3.05, 3.63) is 58.8 Å². The van der Waals surface area contributed by atoms with Crippen molar-refractivity contribution in [3.8, 4) is 10.8 Å². The highest BCUT2D eigenvalue weighted by Gasteiger charge is 2.15. The van der Waals surface area contributed by atoms with Crippen molar-refractivity contribution in [3.63, 3.8) is 0 Å². The smallest absolute Gasteiger partial charge is 0.309 e. The molecule has 5 nitrogen and oxygen atoms in total. The van der Waals surface area contributed by atoms with Gasteiger partial charge in [0.25, 0.3) is 5.89 Å². The van der Waals surface area contributed by atoms with Crippen molar-refractivity contribution in [2.24, 2.45) is 0 Å². The molecule has 0 fully saturated rings. The monoisotopic (exact) mass is 299 g/mol. The van der Waals surface area contributed by atoms with Crippen LogP contribution < -0.4 is 5.32 Å². The SMILES string of the molecule is Cc1ccc(CNC(=O)c2nnc(-c3cccs3)o2)cc1. The second-order valence-corrected chi connectivity index (χ2v) is 5.51. The van der Waals surface area contributed by atoms with Crippen molar-refractivity contribution in [2.75, 3.05) is 0 Å². The fourth-order valence-electron chi connectivity index (χ4n) is 1.78. The third-order valence-corrected chi connectivity index (χ3v) is 3.78. The molecule has 2 aromatic heterocycles. The highest BCUT2D eigenvalue weighted by molar-refractivity contribution is 7.13. The maximum absolute atomic E-state index is 12.0. The van der Waals surface area contributed by atoms with Gasteiger partial charge in [0.05, 0.1) is 4.88 Å². The molecule has 2 heterocycles. The van der Waals surface area contributed by atoms with Crippen molar-refractivity contribution in [2.45, 2.75) is 13.5 Å². The lowest BCUT2D eigenvalue weighted by Gasteiger charge is -2.02. The zero-order chi connectivity index (χ0) is 14.7. The fraction of sp³-hybridized carbons (Fsp3) is 0.133. The Morgan fingerprint density at radius 1 is 1.24 bits per heavy atom.